The maximum atomic E-state index is 12.7. The quantitative estimate of drug-likeness (QED) is 0.615. The minimum Gasteiger partial charge on any atom is -0.348 e. The van der Waals surface area contributed by atoms with Gasteiger partial charge in [0.15, 0.2) is 5.65 Å². The fourth-order valence-corrected chi connectivity index (χ4v) is 2.96. The molecule has 0 unspecified atom stereocenters. The molecule has 1 amide bonds. The Bertz CT molecular complexity index is 1080. The maximum absolute atomic E-state index is 12.7. The number of benzene rings is 1. The molecule has 26 heavy (non-hydrogen) atoms. The highest BCUT2D eigenvalue weighted by molar-refractivity contribution is 6.04. The predicted molar refractivity (Wildman–Crippen MR) is 98.0 cm³/mol. The van der Waals surface area contributed by atoms with Crippen molar-refractivity contribution in [1.82, 2.24) is 29.4 Å². The van der Waals surface area contributed by atoms with E-state index in [0.717, 1.165) is 17.1 Å². The first-order valence-electron chi connectivity index (χ1n) is 8.27. The van der Waals surface area contributed by atoms with Crippen molar-refractivity contribution in [2.24, 2.45) is 7.05 Å². The normalized spacial score (nSPS) is 11.0. The second-order valence-electron chi connectivity index (χ2n) is 6.03. The molecular formula is C19H18N6O. The van der Waals surface area contributed by atoms with Gasteiger partial charge in [-0.25, -0.2) is 15.0 Å². The number of para-hydroxylation sites is 1. The first-order chi connectivity index (χ1) is 12.6. The van der Waals surface area contributed by atoms with E-state index in [9.17, 15) is 4.79 Å². The van der Waals surface area contributed by atoms with E-state index in [2.05, 4.69) is 20.3 Å². The van der Waals surface area contributed by atoms with Crippen molar-refractivity contribution in [3.63, 3.8) is 0 Å². The lowest BCUT2D eigenvalue weighted by molar-refractivity contribution is 0.0952. The summed E-state index contributed by atoms with van der Waals surface area (Å²) in [4.78, 5) is 25.6. The van der Waals surface area contributed by atoms with Crippen molar-refractivity contribution in [3.05, 3.63) is 72.2 Å². The number of aryl methyl sites for hydroxylation is 2. The second-order valence-corrected chi connectivity index (χ2v) is 6.03. The molecule has 4 aromatic rings. The van der Waals surface area contributed by atoms with Crippen LogP contribution in [0.1, 0.15) is 21.7 Å². The van der Waals surface area contributed by atoms with Crippen LogP contribution >= 0.6 is 0 Å². The lowest BCUT2D eigenvalue weighted by Crippen LogP contribution is -2.24. The first kappa shape index (κ1) is 16.0. The van der Waals surface area contributed by atoms with Gasteiger partial charge < -0.3 is 14.5 Å². The number of aromatic nitrogens is 5. The molecule has 0 atom stereocenters. The lowest BCUT2D eigenvalue weighted by Gasteiger charge is -2.11. The second kappa shape index (κ2) is 6.44. The molecule has 3 aromatic heterocycles. The third-order valence-electron chi connectivity index (χ3n) is 4.44. The number of imidazole rings is 2. The molecule has 1 N–H and O–H groups in total. The number of rotatable bonds is 4. The summed E-state index contributed by atoms with van der Waals surface area (Å²) in [6.45, 7) is 2.30. The fourth-order valence-electron chi connectivity index (χ4n) is 2.96. The highest BCUT2D eigenvalue weighted by atomic mass is 16.1. The summed E-state index contributed by atoms with van der Waals surface area (Å²) in [6.07, 6.45) is 6.98. The van der Waals surface area contributed by atoms with Gasteiger partial charge >= 0.3 is 0 Å². The molecule has 0 radical (unpaired) electrons. The van der Waals surface area contributed by atoms with E-state index in [1.165, 1.54) is 0 Å². The summed E-state index contributed by atoms with van der Waals surface area (Å²) < 4.78 is 3.80. The topological polar surface area (TPSA) is 77.6 Å². The van der Waals surface area contributed by atoms with Crippen LogP contribution in [0.5, 0.6) is 0 Å². The smallest absolute Gasteiger partial charge is 0.253 e. The van der Waals surface area contributed by atoms with Crippen LogP contribution in [-0.2, 0) is 13.6 Å². The summed E-state index contributed by atoms with van der Waals surface area (Å²) in [5.74, 6) is 0.647. The zero-order chi connectivity index (χ0) is 18.1. The van der Waals surface area contributed by atoms with Gasteiger partial charge in [-0.15, -0.1) is 0 Å². The molecule has 1 aromatic carbocycles. The molecule has 0 saturated carbocycles. The predicted octanol–water partition coefficient (Wildman–Crippen LogP) is 2.39. The van der Waals surface area contributed by atoms with Gasteiger partial charge in [0.25, 0.3) is 5.91 Å². The molecule has 0 fully saturated rings. The van der Waals surface area contributed by atoms with Crippen LogP contribution in [0.4, 0.5) is 0 Å². The molecule has 0 aliphatic carbocycles. The van der Waals surface area contributed by atoms with Crippen LogP contribution in [0.25, 0.3) is 16.9 Å². The molecule has 0 spiro atoms. The average Bonchev–Trinajstić information content (AvgIpc) is 3.29. The van der Waals surface area contributed by atoms with Gasteiger partial charge in [-0.3, -0.25) is 4.79 Å². The Kier molecular flexibility index (Phi) is 3.96. The number of nitrogens with zero attached hydrogens (tertiary/aromatic N) is 5. The molecule has 7 nitrogen and oxygen atoms in total. The van der Waals surface area contributed by atoms with E-state index < -0.39 is 0 Å². The van der Waals surface area contributed by atoms with Crippen molar-refractivity contribution in [2.75, 3.05) is 0 Å². The zero-order valence-electron chi connectivity index (χ0n) is 14.5. The first-order valence-corrected chi connectivity index (χ1v) is 8.27. The average molecular weight is 346 g/mol. The Labute approximate surface area is 150 Å². The molecule has 130 valence electrons. The van der Waals surface area contributed by atoms with Gasteiger partial charge in [0.1, 0.15) is 11.3 Å². The Balaban J connectivity index is 1.60. The van der Waals surface area contributed by atoms with Gasteiger partial charge in [0.05, 0.1) is 17.6 Å². The molecular weight excluding hydrogens is 328 g/mol. The standard InChI is InChI=1S/C19H18N6O/c1-13-23-17-15(7-8-21-18(17)24(13)2)19(26)22-11-14-5-3-4-6-16(14)25-10-9-20-12-25/h3-10,12H,11H2,1-2H3,(H,22,26). The van der Waals surface area contributed by atoms with Gasteiger partial charge in [-0.05, 0) is 24.6 Å². The van der Waals surface area contributed by atoms with E-state index in [0.29, 0.717) is 23.3 Å². The number of amides is 1. The summed E-state index contributed by atoms with van der Waals surface area (Å²) in [5.41, 5.74) is 3.83. The maximum Gasteiger partial charge on any atom is 0.253 e. The third kappa shape index (κ3) is 2.73. The minimum atomic E-state index is -0.170. The van der Waals surface area contributed by atoms with Gasteiger partial charge in [-0.1, -0.05) is 18.2 Å². The fraction of sp³-hybridized carbons (Fsp3) is 0.158. The molecule has 7 heteroatoms. The van der Waals surface area contributed by atoms with Crippen LogP contribution in [0, 0.1) is 6.92 Å². The van der Waals surface area contributed by atoms with Crippen molar-refractivity contribution in [3.8, 4) is 5.69 Å². The molecule has 0 aliphatic rings. The minimum absolute atomic E-state index is 0.170. The Morgan fingerprint density at radius 3 is 2.85 bits per heavy atom. The molecule has 0 saturated heterocycles. The van der Waals surface area contributed by atoms with E-state index in [1.807, 2.05) is 53.6 Å². The number of hydrogen-bond acceptors (Lipinski definition) is 4. The summed E-state index contributed by atoms with van der Waals surface area (Å²) in [7, 11) is 1.89. The van der Waals surface area contributed by atoms with Gasteiger partial charge in [0, 0.05) is 32.2 Å². The van der Waals surface area contributed by atoms with Crippen molar-refractivity contribution < 1.29 is 4.79 Å². The number of carbonyl (C=O) groups is 1. The van der Waals surface area contributed by atoms with Gasteiger partial charge in [0.2, 0.25) is 0 Å². The number of carbonyl (C=O) groups excluding carboxylic acids is 1. The Morgan fingerprint density at radius 1 is 1.19 bits per heavy atom. The number of nitrogens with one attached hydrogen (secondary N) is 1. The largest absolute Gasteiger partial charge is 0.348 e. The van der Waals surface area contributed by atoms with Crippen LogP contribution in [0.15, 0.2) is 55.2 Å². The molecule has 0 bridgehead atoms. The third-order valence-corrected chi connectivity index (χ3v) is 4.44. The van der Waals surface area contributed by atoms with E-state index in [-0.39, 0.29) is 5.91 Å². The SMILES string of the molecule is Cc1nc2c(C(=O)NCc3ccccc3-n3ccnc3)ccnc2n1C. The van der Waals surface area contributed by atoms with Crippen molar-refractivity contribution >= 4 is 17.1 Å². The van der Waals surface area contributed by atoms with Gasteiger partial charge in [-0.2, -0.15) is 0 Å². The molecule has 3 heterocycles. The van der Waals surface area contributed by atoms with Crippen LogP contribution < -0.4 is 5.32 Å². The zero-order valence-corrected chi connectivity index (χ0v) is 14.5. The monoisotopic (exact) mass is 346 g/mol. The van der Waals surface area contributed by atoms with Crippen molar-refractivity contribution in [1.29, 1.82) is 0 Å². The van der Waals surface area contributed by atoms with Crippen LogP contribution in [-0.4, -0.2) is 30.0 Å². The number of fused-ring (bicyclic) bond motifs is 1. The Morgan fingerprint density at radius 2 is 2.04 bits per heavy atom. The lowest BCUT2D eigenvalue weighted by atomic mass is 10.1. The molecule has 4 rings (SSSR count). The highest BCUT2D eigenvalue weighted by Crippen LogP contribution is 2.18. The summed E-state index contributed by atoms with van der Waals surface area (Å²) in [5, 5.41) is 2.99. The van der Waals surface area contributed by atoms with E-state index in [1.54, 1.807) is 24.8 Å². The van der Waals surface area contributed by atoms with Crippen LogP contribution in [0.3, 0.4) is 0 Å². The van der Waals surface area contributed by atoms with E-state index in [4.69, 9.17) is 0 Å². The number of hydrogen-bond donors (Lipinski definition) is 1. The summed E-state index contributed by atoms with van der Waals surface area (Å²) in [6, 6.07) is 9.60. The molecule has 0 aliphatic heterocycles. The van der Waals surface area contributed by atoms with Crippen molar-refractivity contribution in [2.45, 2.75) is 13.5 Å². The summed E-state index contributed by atoms with van der Waals surface area (Å²) >= 11 is 0. The number of pyridine rings is 1. The van der Waals surface area contributed by atoms with E-state index >= 15 is 0 Å². The van der Waals surface area contributed by atoms with Crippen LogP contribution in [0.2, 0.25) is 0 Å². The highest BCUT2D eigenvalue weighted by Gasteiger charge is 2.16. The Hall–Kier alpha value is -3.48.